The number of ether oxygens (including phenoxy) is 1. The third-order valence-electron chi connectivity index (χ3n) is 4.21. The van der Waals surface area contributed by atoms with Crippen molar-refractivity contribution in [3.8, 4) is 0 Å². The number of para-hydroxylation sites is 1. The molecule has 0 aromatic heterocycles. The zero-order chi connectivity index (χ0) is 17.6. The molecule has 0 bridgehead atoms. The van der Waals surface area contributed by atoms with E-state index in [-0.39, 0.29) is 24.0 Å². The number of carbonyl (C=O) groups excluding carboxylic acids is 2. The van der Waals surface area contributed by atoms with Crippen LogP contribution in [0.25, 0.3) is 0 Å². The Morgan fingerprint density at radius 1 is 1.08 bits per heavy atom. The molecule has 1 fully saturated rings. The van der Waals surface area contributed by atoms with E-state index in [1.54, 1.807) is 12.1 Å². The highest BCUT2D eigenvalue weighted by Crippen LogP contribution is 2.19. The van der Waals surface area contributed by atoms with E-state index in [0.717, 1.165) is 24.1 Å². The summed E-state index contributed by atoms with van der Waals surface area (Å²) in [6.45, 7) is 2.35. The maximum absolute atomic E-state index is 12.3. The lowest BCUT2D eigenvalue weighted by atomic mass is 10.1. The minimum atomic E-state index is -0.362. The summed E-state index contributed by atoms with van der Waals surface area (Å²) in [4.78, 5) is 24.4. The Hall–Kier alpha value is -2.66. The first kappa shape index (κ1) is 17.2. The Morgan fingerprint density at radius 3 is 2.60 bits per heavy atom. The molecule has 5 nitrogen and oxygen atoms in total. The molecule has 0 radical (unpaired) electrons. The molecule has 2 aromatic rings. The maximum atomic E-state index is 12.3. The molecule has 0 aliphatic carbocycles. The lowest BCUT2D eigenvalue weighted by molar-refractivity contribution is -0.131. The van der Waals surface area contributed by atoms with E-state index in [1.807, 2.05) is 49.4 Å². The van der Waals surface area contributed by atoms with Gasteiger partial charge in [-0.3, -0.25) is 9.59 Å². The Kier molecular flexibility index (Phi) is 5.46. The molecule has 0 unspecified atom stereocenters. The molecule has 1 aliphatic rings. The van der Waals surface area contributed by atoms with Crippen molar-refractivity contribution in [2.45, 2.75) is 38.5 Å². The highest BCUT2D eigenvalue weighted by Gasteiger charge is 2.27. The van der Waals surface area contributed by atoms with Gasteiger partial charge in [-0.15, -0.1) is 0 Å². The van der Waals surface area contributed by atoms with Gasteiger partial charge in [0.05, 0.1) is 6.10 Å². The molecule has 1 heterocycles. The second-order valence-electron chi connectivity index (χ2n) is 6.25. The lowest BCUT2D eigenvalue weighted by Gasteiger charge is -2.12. The molecule has 3 rings (SSSR count). The predicted octanol–water partition coefficient (Wildman–Crippen LogP) is 3.12. The average molecular weight is 338 g/mol. The van der Waals surface area contributed by atoms with Gasteiger partial charge in [-0.05, 0) is 49.6 Å². The molecule has 2 N–H and O–H groups in total. The standard InChI is InChI=1S/C20H22N2O3/c1-14-10-11-18(25-14)20(24)21-13-15-6-5-7-16(12-15)19(23)22-17-8-3-2-4-9-17/h2-9,12,14,18H,10-11,13H2,1H3,(H,21,24)(H,22,23)/t14-,18-/m0/s1. The van der Waals surface area contributed by atoms with Crippen LogP contribution in [0.15, 0.2) is 54.6 Å². The van der Waals surface area contributed by atoms with E-state index in [1.165, 1.54) is 0 Å². The van der Waals surface area contributed by atoms with E-state index >= 15 is 0 Å². The number of hydrogen-bond acceptors (Lipinski definition) is 3. The van der Waals surface area contributed by atoms with Crippen molar-refractivity contribution in [3.05, 3.63) is 65.7 Å². The van der Waals surface area contributed by atoms with Crippen LogP contribution in [-0.2, 0) is 16.1 Å². The van der Waals surface area contributed by atoms with Gasteiger partial charge in [-0.2, -0.15) is 0 Å². The normalized spacial score (nSPS) is 19.4. The van der Waals surface area contributed by atoms with Crippen molar-refractivity contribution >= 4 is 17.5 Å². The van der Waals surface area contributed by atoms with Gasteiger partial charge in [0.25, 0.3) is 5.91 Å². The smallest absolute Gasteiger partial charge is 0.255 e. The number of nitrogens with one attached hydrogen (secondary N) is 2. The number of benzene rings is 2. The second kappa shape index (κ2) is 7.94. The van der Waals surface area contributed by atoms with Crippen LogP contribution in [0.4, 0.5) is 5.69 Å². The van der Waals surface area contributed by atoms with E-state index in [0.29, 0.717) is 12.1 Å². The summed E-state index contributed by atoms with van der Waals surface area (Å²) in [7, 11) is 0. The van der Waals surface area contributed by atoms with E-state index < -0.39 is 0 Å². The summed E-state index contributed by atoms with van der Waals surface area (Å²) in [5, 5.41) is 5.74. The first-order valence-electron chi connectivity index (χ1n) is 8.50. The molecule has 0 saturated carbocycles. The lowest BCUT2D eigenvalue weighted by Crippen LogP contribution is -2.34. The molecule has 2 amide bonds. The summed E-state index contributed by atoms with van der Waals surface area (Å²) >= 11 is 0. The molecule has 2 aromatic carbocycles. The van der Waals surface area contributed by atoms with Crippen LogP contribution in [0.5, 0.6) is 0 Å². The summed E-state index contributed by atoms with van der Waals surface area (Å²) in [6, 6.07) is 16.6. The Bertz CT molecular complexity index is 746. The number of rotatable bonds is 5. The minimum absolute atomic E-state index is 0.0940. The zero-order valence-corrected chi connectivity index (χ0v) is 14.2. The molecule has 1 aliphatic heterocycles. The van der Waals surface area contributed by atoms with Gasteiger partial charge in [0.15, 0.2) is 0 Å². The first-order chi connectivity index (χ1) is 12.1. The highest BCUT2D eigenvalue weighted by atomic mass is 16.5. The summed E-state index contributed by atoms with van der Waals surface area (Å²) in [5.74, 6) is -0.268. The van der Waals surface area contributed by atoms with Crippen molar-refractivity contribution in [2.24, 2.45) is 0 Å². The first-order valence-corrected chi connectivity index (χ1v) is 8.50. The van der Waals surface area contributed by atoms with Gasteiger partial charge in [0, 0.05) is 17.8 Å². The van der Waals surface area contributed by atoms with Crippen molar-refractivity contribution < 1.29 is 14.3 Å². The van der Waals surface area contributed by atoms with Crippen LogP contribution in [0.3, 0.4) is 0 Å². The van der Waals surface area contributed by atoms with Crippen LogP contribution in [0.2, 0.25) is 0 Å². The number of amides is 2. The van der Waals surface area contributed by atoms with Crippen LogP contribution in [0, 0.1) is 0 Å². The van der Waals surface area contributed by atoms with Crippen LogP contribution >= 0.6 is 0 Å². The fraction of sp³-hybridized carbons (Fsp3) is 0.300. The van der Waals surface area contributed by atoms with Gasteiger partial charge in [-0.25, -0.2) is 0 Å². The van der Waals surface area contributed by atoms with Crippen molar-refractivity contribution in [1.82, 2.24) is 5.32 Å². The second-order valence-corrected chi connectivity index (χ2v) is 6.25. The Labute approximate surface area is 147 Å². The molecule has 1 saturated heterocycles. The Balaban J connectivity index is 1.57. The monoisotopic (exact) mass is 338 g/mol. The largest absolute Gasteiger partial charge is 0.365 e. The summed E-state index contributed by atoms with van der Waals surface area (Å²) in [6.07, 6.45) is 1.44. The van der Waals surface area contributed by atoms with Crippen molar-refractivity contribution in [3.63, 3.8) is 0 Å². The minimum Gasteiger partial charge on any atom is -0.365 e. The van der Waals surface area contributed by atoms with Crippen molar-refractivity contribution in [2.75, 3.05) is 5.32 Å². The molecule has 0 spiro atoms. The van der Waals surface area contributed by atoms with Gasteiger partial charge < -0.3 is 15.4 Å². The topological polar surface area (TPSA) is 67.4 Å². The van der Waals surface area contributed by atoms with Gasteiger partial charge in [-0.1, -0.05) is 30.3 Å². The summed E-state index contributed by atoms with van der Waals surface area (Å²) in [5.41, 5.74) is 2.18. The molecular weight excluding hydrogens is 316 g/mol. The Morgan fingerprint density at radius 2 is 1.88 bits per heavy atom. The van der Waals surface area contributed by atoms with E-state index in [4.69, 9.17) is 4.74 Å². The molecule has 5 heteroatoms. The van der Waals surface area contributed by atoms with Gasteiger partial charge >= 0.3 is 0 Å². The fourth-order valence-electron chi connectivity index (χ4n) is 2.85. The van der Waals surface area contributed by atoms with E-state index in [9.17, 15) is 9.59 Å². The van der Waals surface area contributed by atoms with Gasteiger partial charge in [0.2, 0.25) is 5.91 Å². The zero-order valence-electron chi connectivity index (χ0n) is 14.2. The van der Waals surface area contributed by atoms with Crippen LogP contribution in [-0.4, -0.2) is 24.0 Å². The molecule has 25 heavy (non-hydrogen) atoms. The third-order valence-corrected chi connectivity index (χ3v) is 4.21. The highest BCUT2D eigenvalue weighted by molar-refractivity contribution is 6.04. The average Bonchev–Trinajstić information content (AvgIpc) is 3.07. The summed E-state index contributed by atoms with van der Waals surface area (Å²) < 4.78 is 5.56. The fourth-order valence-corrected chi connectivity index (χ4v) is 2.85. The molecule has 130 valence electrons. The van der Waals surface area contributed by atoms with Crippen molar-refractivity contribution in [1.29, 1.82) is 0 Å². The van der Waals surface area contributed by atoms with Crippen LogP contribution in [0.1, 0.15) is 35.7 Å². The number of hydrogen-bond donors (Lipinski definition) is 2. The van der Waals surface area contributed by atoms with E-state index in [2.05, 4.69) is 10.6 Å². The predicted molar refractivity (Wildman–Crippen MR) is 96.3 cm³/mol. The third kappa shape index (κ3) is 4.67. The quantitative estimate of drug-likeness (QED) is 0.880. The number of anilines is 1. The molecular formula is C20H22N2O3. The van der Waals surface area contributed by atoms with Gasteiger partial charge in [0.1, 0.15) is 6.10 Å². The maximum Gasteiger partial charge on any atom is 0.255 e. The van der Waals surface area contributed by atoms with Crippen LogP contribution < -0.4 is 10.6 Å². The SMILES string of the molecule is C[C@H]1CC[C@@H](C(=O)NCc2cccc(C(=O)Nc3ccccc3)c2)O1. The molecule has 2 atom stereocenters. The number of carbonyl (C=O) groups is 2.